The summed E-state index contributed by atoms with van der Waals surface area (Å²) < 4.78 is 0. The van der Waals surface area contributed by atoms with Gasteiger partial charge in [0.05, 0.1) is 6.10 Å². The zero-order valence-electron chi connectivity index (χ0n) is 15.5. The van der Waals surface area contributed by atoms with E-state index in [1.54, 1.807) is 17.2 Å². The molecular weight excluding hydrogens is 336 g/mol. The number of aryl methyl sites for hydroxylation is 1. The highest BCUT2D eigenvalue weighted by Crippen LogP contribution is 2.31. The lowest BCUT2D eigenvalue weighted by atomic mass is 9.86. The first kappa shape index (κ1) is 17.7. The first-order chi connectivity index (χ1) is 13.2. The van der Waals surface area contributed by atoms with E-state index in [1.165, 1.54) is 10.8 Å². The van der Waals surface area contributed by atoms with Crippen LogP contribution in [-0.2, 0) is 6.42 Å². The summed E-state index contributed by atoms with van der Waals surface area (Å²) >= 11 is 0. The van der Waals surface area contributed by atoms with Gasteiger partial charge in [-0.05, 0) is 41.3 Å². The van der Waals surface area contributed by atoms with Crippen LogP contribution >= 0.6 is 0 Å². The molecule has 0 spiro atoms. The highest BCUT2D eigenvalue weighted by atomic mass is 16.3. The van der Waals surface area contributed by atoms with Gasteiger partial charge in [-0.1, -0.05) is 49.4 Å². The fourth-order valence-corrected chi connectivity index (χ4v) is 3.93. The number of hydrogen-bond acceptors (Lipinski definition) is 3. The number of aromatic nitrogens is 1. The Hall–Kier alpha value is -2.72. The van der Waals surface area contributed by atoms with E-state index in [4.69, 9.17) is 0 Å². The molecule has 2 atom stereocenters. The number of nitrogens with zero attached hydrogens (tertiary/aromatic N) is 2. The Kier molecular flexibility index (Phi) is 4.90. The monoisotopic (exact) mass is 360 g/mol. The molecule has 1 amide bonds. The number of benzene rings is 2. The Morgan fingerprint density at radius 1 is 1.15 bits per heavy atom. The van der Waals surface area contributed by atoms with Gasteiger partial charge in [0, 0.05) is 36.5 Å². The van der Waals surface area contributed by atoms with Crippen LogP contribution in [0.2, 0.25) is 0 Å². The average Bonchev–Trinajstić information content (AvgIpc) is 2.72. The largest absolute Gasteiger partial charge is 0.391 e. The molecule has 4 nitrogen and oxygen atoms in total. The van der Waals surface area contributed by atoms with Gasteiger partial charge in [0.1, 0.15) is 0 Å². The summed E-state index contributed by atoms with van der Waals surface area (Å²) in [5, 5.41) is 13.1. The Balaban J connectivity index is 1.50. The molecule has 1 N–H and O–H groups in total. The summed E-state index contributed by atoms with van der Waals surface area (Å²) in [6.07, 6.45) is 2.69. The molecular formula is C23H24N2O2. The number of carbonyl (C=O) groups is 1. The van der Waals surface area contributed by atoms with E-state index in [2.05, 4.69) is 35.3 Å². The lowest BCUT2D eigenvalue weighted by Crippen LogP contribution is -2.45. The zero-order valence-corrected chi connectivity index (χ0v) is 15.5. The maximum atomic E-state index is 12.8. The molecule has 27 heavy (non-hydrogen) atoms. The van der Waals surface area contributed by atoms with Crippen LogP contribution in [0.4, 0.5) is 0 Å². The number of piperidine rings is 1. The van der Waals surface area contributed by atoms with Crippen molar-refractivity contribution in [2.24, 2.45) is 0 Å². The Morgan fingerprint density at radius 2 is 1.96 bits per heavy atom. The van der Waals surface area contributed by atoms with Gasteiger partial charge in [0.25, 0.3) is 5.91 Å². The predicted molar refractivity (Wildman–Crippen MR) is 107 cm³/mol. The predicted octanol–water partition coefficient (Wildman–Crippen LogP) is 3.79. The Labute approximate surface area is 159 Å². The van der Waals surface area contributed by atoms with Crippen LogP contribution in [-0.4, -0.2) is 40.1 Å². The third kappa shape index (κ3) is 3.58. The quantitative estimate of drug-likeness (QED) is 0.773. The van der Waals surface area contributed by atoms with E-state index in [1.807, 2.05) is 25.1 Å². The molecule has 2 heterocycles. The fraction of sp³-hybridized carbons (Fsp3) is 0.304. The lowest BCUT2D eigenvalue weighted by Gasteiger charge is -2.36. The molecule has 3 aromatic rings. The fourth-order valence-electron chi connectivity index (χ4n) is 3.93. The molecule has 1 fully saturated rings. The van der Waals surface area contributed by atoms with Crippen molar-refractivity contribution in [1.82, 2.24) is 9.88 Å². The summed E-state index contributed by atoms with van der Waals surface area (Å²) in [5.41, 5.74) is 2.70. The van der Waals surface area contributed by atoms with Gasteiger partial charge in [-0.25, -0.2) is 0 Å². The van der Waals surface area contributed by atoms with Crippen molar-refractivity contribution >= 4 is 16.7 Å². The number of aliphatic hydroxyl groups excluding tert-OH is 1. The van der Waals surface area contributed by atoms with E-state index in [0.717, 1.165) is 24.1 Å². The van der Waals surface area contributed by atoms with Crippen LogP contribution in [0, 0.1) is 0 Å². The van der Waals surface area contributed by atoms with Crippen molar-refractivity contribution in [1.29, 1.82) is 0 Å². The van der Waals surface area contributed by atoms with E-state index in [-0.39, 0.29) is 11.8 Å². The number of likely N-dealkylation sites (tertiary alicyclic amines) is 1. The summed E-state index contributed by atoms with van der Waals surface area (Å²) in [4.78, 5) is 18.8. The van der Waals surface area contributed by atoms with Crippen LogP contribution in [0.15, 0.2) is 60.8 Å². The summed E-state index contributed by atoms with van der Waals surface area (Å²) in [7, 11) is 0. The first-order valence-electron chi connectivity index (χ1n) is 9.56. The maximum absolute atomic E-state index is 12.8. The number of carbonyl (C=O) groups excluding carboxylic acids is 1. The number of rotatable bonds is 3. The highest BCUT2D eigenvalue weighted by molar-refractivity contribution is 5.94. The van der Waals surface area contributed by atoms with Gasteiger partial charge in [-0.3, -0.25) is 9.78 Å². The number of aliphatic hydroxyl groups is 1. The molecule has 0 bridgehead atoms. The summed E-state index contributed by atoms with van der Waals surface area (Å²) in [6.45, 7) is 3.03. The number of amides is 1. The molecule has 4 heteroatoms. The van der Waals surface area contributed by atoms with Crippen LogP contribution in [0.5, 0.6) is 0 Å². The van der Waals surface area contributed by atoms with Gasteiger partial charge in [0.2, 0.25) is 0 Å². The van der Waals surface area contributed by atoms with Gasteiger partial charge >= 0.3 is 0 Å². The summed E-state index contributed by atoms with van der Waals surface area (Å²) in [5.74, 6) is 0.0328. The zero-order chi connectivity index (χ0) is 18.8. The van der Waals surface area contributed by atoms with Crippen LogP contribution in [0.1, 0.15) is 40.9 Å². The minimum atomic E-state index is -0.559. The minimum absolute atomic E-state index is 0.0249. The lowest BCUT2D eigenvalue weighted by molar-refractivity contribution is 0.0382. The molecule has 0 unspecified atom stereocenters. The van der Waals surface area contributed by atoms with Gasteiger partial charge in [-0.2, -0.15) is 0 Å². The third-order valence-electron chi connectivity index (χ3n) is 5.50. The molecule has 1 aromatic heterocycles. The number of β-amino-alcohol motifs (C(OH)–C–C–N with tert-alkyl or cyclic N) is 1. The van der Waals surface area contributed by atoms with Gasteiger partial charge in [-0.15, -0.1) is 0 Å². The molecule has 0 radical (unpaired) electrons. The summed E-state index contributed by atoms with van der Waals surface area (Å²) in [6, 6.07) is 18.2. The minimum Gasteiger partial charge on any atom is -0.391 e. The topological polar surface area (TPSA) is 53.4 Å². The number of hydrogen-bond donors (Lipinski definition) is 1. The van der Waals surface area contributed by atoms with Crippen molar-refractivity contribution in [2.75, 3.05) is 13.1 Å². The van der Waals surface area contributed by atoms with E-state index in [9.17, 15) is 9.90 Å². The second kappa shape index (κ2) is 7.49. The van der Waals surface area contributed by atoms with Crippen molar-refractivity contribution in [3.63, 3.8) is 0 Å². The van der Waals surface area contributed by atoms with Gasteiger partial charge in [0.15, 0.2) is 0 Å². The van der Waals surface area contributed by atoms with Crippen LogP contribution < -0.4 is 0 Å². The highest BCUT2D eigenvalue weighted by Gasteiger charge is 2.31. The second-order valence-electron chi connectivity index (χ2n) is 7.21. The Bertz CT molecular complexity index is 969. The van der Waals surface area contributed by atoms with Crippen LogP contribution in [0.25, 0.3) is 10.8 Å². The van der Waals surface area contributed by atoms with Gasteiger partial charge < -0.3 is 10.0 Å². The second-order valence-corrected chi connectivity index (χ2v) is 7.21. The van der Waals surface area contributed by atoms with E-state index in [0.29, 0.717) is 18.7 Å². The molecule has 138 valence electrons. The van der Waals surface area contributed by atoms with Crippen LogP contribution in [0.3, 0.4) is 0 Å². The van der Waals surface area contributed by atoms with Crippen molar-refractivity contribution in [3.05, 3.63) is 77.6 Å². The smallest absolute Gasteiger partial charge is 0.254 e. The van der Waals surface area contributed by atoms with Crippen molar-refractivity contribution in [2.45, 2.75) is 31.8 Å². The van der Waals surface area contributed by atoms with Crippen molar-refractivity contribution < 1.29 is 9.90 Å². The third-order valence-corrected chi connectivity index (χ3v) is 5.50. The molecule has 0 saturated carbocycles. The van der Waals surface area contributed by atoms with Crippen molar-refractivity contribution in [3.8, 4) is 0 Å². The average molecular weight is 360 g/mol. The Morgan fingerprint density at radius 3 is 2.74 bits per heavy atom. The molecule has 0 aliphatic carbocycles. The normalized spacial score (nSPS) is 20.0. The molecule has 1 aliphatic heterocycles. The molecule has 1 saturated heterocycles. The molecule has 4 rings (SSSR count). The first-order valence-corrected chi connectivity index (χ1v) is 9.56. The SMILES string of the molecule is CCc1cc(C(=O)N2CC[C@@H](c3ccc4ccccc4c3)[C@H](O)C2)ccn1. The standard InChI is InChI=1S/C23H24N2O2/c1-2-20-14-19(9-11-24-20)23(27)25-12-10-21(22(26)15-25)18-8-7-16-5-3-4-6-17(16)13-18/h3-9,11,13-14,21-22,26H,2,10,12,15H2,1H3/t21-,22+/m0/s1. The van der Waals surface area contributed by atoms with E-state index < -0.39 is 6.10 Å². The maximum Gasteiger partial charge on any atom is 0.254 e. The van der Waals surface area contributed by atoms with E-state index >= 15 is 0 Å². The molecule has 1 aliphatic rings. The number of fused-ring (bicyclic) bond motifs is 1. The molecule has 2 aromatic carbocycles. The number of pyridine rings is 1.